The quantitative estimate of drug-likeness (QED) is 0.715. The van der Waals surface area contributed by atoms with E-state index in [0.717, 1.165) is 11.1 Å². The van der Waals surface area contributed by atoms with E-state index in [2.05, 4.69) is 5.32 Å². The maximum atomic E-state index is 12.3. The highest BCUT2D eigenvalue weighted by Gasteiger charge is 2.12. The smallest absolute Gasteiger partial charge is 0.338 e. The van der Waals surface area contributed by atoms with Crippen molar-refractivity contribution in [2.45, 2.75) is 26.7 Å². The summed E-state index contributed by atoms with van der Waals surface area (Å²) in [6.07, 6.45) is 0.862. The molecule has 0 atom stereocenters. The van der Waals surface area contributed by atoms with E-state index in [0.29, 0.717) is 42.2 Å². The van der Waals surface area contributed by atoms with Crippen LogP contribution in [0.4, 0.5) is 5.69 Å². The van der Waals surface area contributed by atoms with Gasteiger partial charge < -0.3 is 19.5 Å². The van der Waals surface area contributed by atoms with Crippen LogP contribution in [0.3, 0.4) is 0 Å². The van der Waals surface area contributed by atoms with Gasteiger partial charge in [0.05, 0.1) is 26.4 Å². The van der Waals surface area contributed by atoms with Gasteiger partial charge in [0.1, 0.15) is 0 Å². The molecule has 0 aliphatic rings. The lowest BCUT2D eigenvalue weighted by Crippen LogP contribution is -2.14. The van der Waals surface area contributed by atoms with Crippen molar-refractivity contribution >= 4 is 17.6 Å². The number of methoxy groups -OCH3 is 2. The number of esters is 1. The molecule has 0 radical (unpaired) electrons. The van der Waals surface area contributed by atoms with Crippen LogP contribution in [0.25, 0.3) is 0 Å². The lowest BCUT2D eigenvalue weighted by atomic mass is 10.1. The Labute approximate surface area is 159 Å². The van der Waals surface area contributed by atoms with Crippen LogP contribution in [0.2, 0.25) is 0 Å². The third-order valence-corrected chi connectivity index (χ3v) is 4.11. The fraction of sp³-hybridized carbons (Fsp3) is 0.333. The molecule has 2 aromatic rings. The van der Waals surface area contributed by atoms with Crippen LogP contribution in [0, 0.1) is 6.92 Å². The van der Waals surface area contributed by atoms with E-state index < -0.39 is 5.97 Å². The monoisotopic (exact) mass is 371 g/mol. The van der Waals surface area contributed by atoms with Crippen LogP contribution in [0.5, 0.6) is 11.5 Å². The Bertz CT molecular complexity index is 816. The lowest BCUT2D eigenvalue weighted by molar-refractivity contribution is -0.116. The second kappa shape index (κ2) is 9.62. The minimum atomic E-state index is -0.404. The number of hydrogen-bond donors (Lipinski definition) is 1. The van der Waals surface area contributed by atoms with Gasteiger partial charge in [-0.1, -0.05) is 12.1 Å². The van der Waals surface area contributed by atoms with Gasteiger partial charge in [0.2, 0.25) is 5.91 Å². The SMILES string of the molecule is CCOC(=O)c1ccc(C)c(NC(=O)CCc2ccc(OC)c(OC)c2)c1. The number of carbonyl (C=O) groups excluding carboxylic acids is 2. The predicted octanol–water partition coefficient (Wildman–Crippen LogP) is 3.76. The third kappa shape index (κ3) is 5.48. The Kier molecular flexibility index (Phi) is 7.23. The summed E-state index contributed by atoms with van der Waals surface area (Å²) < 4.78 is 15.5. The molecule has 0 saturated heterocycles. The molecule has 6 heteroatoms. The molecule has 6 nitrogen and oxygen atoms in total. The summed E-state index contributed by atoms with van der Waals surface area (Å²) in [4.78, 5) is 24.2. The molecule has 0 saturated carbocycles. The summed E-state index contributed by atoms with van der Waals surface area (Å²) in [5.41, 5.74) is 2.87. The largest absolute Gasteiger partial charge is 0.493 e. The number of carbonyl (C=O) groups is 2. The first-order valence-electron chi connectivity index (χ1n) is 8.77. The van der Waals surface area contributed by atoms with Crippen molar-refractivity contribution in [1.82, 2.24) is 0 Å². The maximum Gasteiger partial charge on any atom is 0.338 e. The molecule has 144 valence electrons. The summed E-state index contributed by atoms with van der Waals surface area (Å²) in [7, 11) is 3.16. The molecule has 2 aromatic carbocycles. The topological polar surface area (TPSA) is 73.9 Å². The first kappa shape index (κ1) is 20.3. The Morgan fingerprint density at radius 2 is 1.74 bits per heavy atom. The van der Waals surface area contributed by atoms with E-state index in [1.807, 2.05) is 25.1 Å². The van der Waals surface area contributed by atoms with E-state index in [9.17, 15) is 9.59 Å². The molecule has 0 bridgehead atoms. The number of rotatable bonds is 8. The molecule has 0 aliphatic carbocycles. The summed E-state index contributed by atoms with van der Waals surface area (Å²) >= 11 is 0. The fourth-order valence-electron chi connectivity index (χ4n) is 2.60. The number of aryl methyl sites for hydroxylation is 2. The molecule has 0 aliphatic heterocycles. The molecule has 1 N–H and O–H groups in total. The van der Waals surface area contributed by atoms with Crippen molar-refractivity contribution in [3.05, 3.63) is 53.1 Å². The summed E-state index contributed by atoms with van der Waals surface area (Å²) in [6.45, 7) is 3.93. The minimum absolute atomic E-state index is 0.131. The lowest BCUT2D eigenvalue weighted by Gasteiger charge is -2.11. The van der Waals surface area contributed by atoms with Gasteiger partial charge >= 0.3 is 5.97 Å². The van der Waals surface area contributed by atoms with Crippen LogP contribution in [-0.2, 0) is 16.0 Å². The van der Waals surface area contributed by atoms with Crippen LogP contribution >= 0.6 is 0 Å². The van der Waals surface area contributed by atoms with Crippen LogP contribution < -0.4 is 14.8 Å². The number of ether oxygens (including phenoxy) is 3. The average molecular weight is 371 g/mol. The standard InChI is InChI=1S/C21H25NO5/c1-5-27-21(24)16-9-6-14(2)17(13-16)22-20(23)11-8-15-7-10-18(25-3)19(12-15)26-4/h6-7,9-10,12-13H,5,8,11H2,1-4H3,(H,22,23). The van der Waals surface area contributed by atoms with Gasteiger partial charge in [-0.2, -0.15) is 0 Å². The highest BCUT2D eigenvalue weighted by Crippen LogP contribution is 2.28. The molecule has 0 spiro atoms. The second-order valence-electron chi connectivity index (χ2n) is 5.99. The number of benzene rings is 2. The van der Waals surface area contributed by atoms with Gasteiger partial charge in [0.15, 0.2) is 11.5 Å². The molecule has 0 fully saturated rings. The van der Waals surface area contributed by atoms with E-state index in [4.69, 9.17) is 14.2 Å². The van der Waals surface area contributed by atoms with E-state index >= 15 is 0 Å². The highest BCUT2D eigenvalue weighted by molar-refractivity contribution is 5.95. The zero-order chi connectivity index (χ0) is 19.8. The molecule has 2 rings (SSSR count). The van der Waals surface area contributed by atoms with Gasteiger partial charge in [-0.15, -0.1) is 0 Å². The van der Waals surface area contributed by atoms with Crippen LogP contribution in [-0.4, -0.2) is 32.7 Å². The number of anilines is 1. The van der Waals surface area contributed by atoms with E-state index in [1.54, 1.807) is 39.3 Å². The molecule has 0 unspecified atom stereocenters. The Hall–Kier alpha value is -3.02. The van der Waals surface area contributed by atoms with Gasteiger partial charge in [0.25, 0.3) is 0 Å². The van der Waals surface area contributed by atoms with E-state index in [-0.39, 0.29) is 5.91 Å². The predicted molar refractivity (Wildman–Crippen MR) is 104 cm³/mol. The summed E-state index contributed by atoms with van der Waals surface area (Å²) in [6, 6.07) is 10.7. The Morgan fingerprint density at radius 3 is 2.41 bits per heavy atom. The average Bonchev–Trinajstić information content (AvgIpc) is 2.67. The summed E-state index contributed by atoms with van der Waals surface area (Å²) in [5, 5.41) is 2.87. The first-order chi connectivity index (χ1) is 13.0. The van der Waals surface area contributed by atoms with Crippen molar-refractivity contribution in [2.75, 3.05) is 26.1 Å². The zero-order valence-corrected chi connectivity index (χ0v) is 16.1. The first-order valence-corrected chi connectivity index (χ1v) is 8.77. The van der Waals surface area contributed by atoms with Crippen molar-refractivity contribution in [1.29, 1.82) is 0 Å². The van der Waals surface area contributed by atoms with Crippen LogP contribution in [0.15, 0.2) is 36.4 Å². The molecular formula is C21H25NO5. The maximum absolute atomic E-state index is 12.3. The van der Waals surface area contributed by atoms with Gasteiger partial charge in [-0.05, 0) is 55.7 Å². The Balaban J connectivity index is 2.01. The number of hydrogen-bond acceptors (Lipinski definition) is 5. The zero-order valence-electron chi connectivity index (χ0n) is 16.1. The van der Waals surface area contributed by atoms with Gasteiger partial charge in [0, 0.05) is 12.1 Å². The number of amides is 1. The van der Waals surface area contributed by atoms with Gasteiger partial charge in [-0.3, -0.25) is 4.79 Å². The minimum Gasteiger partial charge on any atom is -0.493 e. The molecule has 0 heterocycles. The Morgan fingerprint density at radius 1 is 1.00 bits per heavy atom. The highest BCUT2D eigenvalue weighted by atomic mass is 16.5. The fourth-order valence-corrected chi connectivity index (χ4v) is 2.60. The van der Waals surface area contributed by atoms with Crippen molar-refractivity contribution in [3.63, 3.8) is 0 Å². The number of nitrogens with one attached hydrogen (secondary N) is 1. The molecule has 27 heavy (non-hydrogen) atoms. The van der Waals surface area contributed by atoms with Gasteiger partial charge in [-0.25, -0.2) is 4.79 Å². The van der Waals surface area contributed by atoms with Crippen molar-refractivity contribution < 1.29 is 23.8 Å². The summed E-state index contributed by atoms with van der Waals surface area (Å²) in [5.74, 6) is 0.748. The molecule has 0 aromatic heterocycles. The molecular weight excluding hydrogens is 346 g/mol. The van der Waals surface area contributed by atoms with Crippen LogP contribution in [0.1, 0.15) is 34.8 Å². The normalized spacial score (nSPS) is 10.2. The van der Waals surface area contributed by atoms with Crippen molar-refractivity contribution in [2.24, 2.45) is 0 Å². The molecule has 1 amide bonds. The second-order valence-corrected chi connectivity index (χ2v) is 5.99. The van der Waals surface area contributed by atoms with Crippen molar-refractivity contribution in [3.8, 4) is 11.5 Å². The third-order valence-electron chi connectivity index (χ3n) is 4.11. The van der Waals surface area contributed by atoms with E-state index in [1.165, 1.54) is 0 Å².